The summed E-state index contributed by atoms with van der Waals surface area (Å²) in [5, 5.41) is 10.1. The Morgan fingerprint density at radius 1 is 0.385 bits per heavy atom. The van der Waals surface area contributed by atoms with Crippen LogP contribution >= 0.6 is 0 Å². The van der Waals surface area contributed by atoms with Gasteiger partial charge in [0.1, 0.15) is 0 Å². The van der Waals surface area contributed by atoms with Gasteiger partial charge in [0, 0.05) is 27.3 Å². The van der Waals surface area contributed by atoms with Gasteiger partial charge < -0.3 is 0 Å². The van der Waals surface area contributed by atoms with Crippen molar-refractivity contribution in [2.75, 3.05) is 0 Å². The zero-order chi connectivity index (χ0) is 34.6. The maximum absolute atomic E-state index is 5.18. The fourth-order valence-corrected chi connectivity index (χ4v) is 8.70. The Bertz CT molecular complexity index is 3030. The summed E-state index contributed by atoms with van der Waals surface area (Å²) in [7, 11) is 0. The summed E-state index contributed by atoms with van der Waals surface area (Å²) in [6.45, 7) is 4.74. The van der Waals surface area contributed by atoms with E-state index in [1.807, 2.05) is 36.4 Å². The molecule has 1 aliphatic carbocycles. The van der Waals surface area contributed by atoms with Crippen LogP contribution in [0, 0.1) is 0 Å². The molecule has 0 bridgehead atoms. The molecule has 0 radical (unpaired) electrons. The third kappa shape index (κ3) is 4.06. The summed E-state index contributed by atoms with van der Waals surface area (Å²) in [5.74, 6) is 1.90. The van der Waals surface area contributed by atoms with Gasteiger partial charge in [-0.2, -0.15) is 9.97 Å². The van der Waals surface area contributed by atoms with Crippen LogP contribution in [0.25, 0.3) is 94.0 Å². The van der Waals surface area contributed by atoms with Gasteiger partial charge >= 0.3 is 0 Å². The Labute approximate surface area is 300 Å². The summed E-state index contributed by atoms with van der Waals surface area (Å²) in [6.07, 6.45) is 0. The lowest BCUT2D eigenvalue weighted by Gasteiger charge is -2.22. The number of fused-ring (bicyclic) bond motifs is 12. The van der Waals surface area contributed by atoms with Crippen LogP contribution in [0.15, 0.2) is 158 Å². The molecule has 0 aliphatic heterocycles. The zero-order valence-electron chi connectivity index (χ0n) is 28.8. The summed E-state index contributed by atoms with van der Waals surface area (Å²) < 4.78 is 2.24. The minimum absolute atomic E-state index is 0.232. The lowest BCUT2D eigenvalue weighted by Crippen LogP contribution is -2.15. The van der Waals surface area contributed by atoms with Crippen LogP contribution in [-0.2, 0) is 5.41 Å². The first-order chi connectivity index (χ1) is 25.5. The highest BCUT2D eigenvalue weighted by Gasteiger charge is 2.37. The van der Waals surface area contributed by atoms with Gasteiger partial charge in [-0.3, -0.25) is 4.57 Å². The highest BCUT2D eigenvalue weighted by Crippen LogP contribution is 2.53. The molecule has 0 amide bonds. The van der Waals surface area contributed by atoms with Crippen molar-refractivity contribution in [3.05, 3.63) is 169 Å². The summed E-state index contributed by atoms with van der Waals surface area (Å²) in [6, 6.07) is 56.4. The largest absolute Gasteiger partial charge is 0.278 e. The zero-order valence-corrected chi connectivity index (χ0v) is 28.8. The van der Waals surface area contributed by atoms with Crippen molar-refractivity contribution in [3.63, 3.8) is 0 Å². The van der Waals surface area contributed by atoms with Gasteiger partial charge in [0.15, 0.2) is 11.6 Å². The van der Waals surface area contributed by atoms with E-state index in [0.717, 1.165) is 22.2 Å². The summed E-state index contributed by atoms with van der Waals surface area (Å²) >= 11 is 0. The monoisotopic (exact) mass is 664 g/mol. The third-order valence-electron chi connectivity index (χ3n) is 11.2. The van der Waals surface area contributed by atoms with Crippen molar-refractivity contribution in [2.24, 2.45) is 0 Å². The van der Waals surface area contributed by atoms with Gasteiger partial charge in [-0.05, 0) is 84.9 Å². The smallest absolute Gasteiger partial charge is 0.238 e. The van der Waals surface area contributed by atoms with E-state index in [0.29, 0.717) is 17.6 Å². The lowest BCUT2D eigenvalue weighted by molar-refractivity contribution is 0.662. The molecule has 2 heterocycles. The van der Waals surface area contributed by atoms with Crippen LogP contribution in [0.5, 0.6) is 0 Å². The van der Waals surface area contributed by atoms with Crippen molar-refractivity contribution in [1.29, 1.82) is 0 Å². The first kappa shape index (κ1) is 29.1. The molecule has 0 N–H and O–H groups in total. The van der Waals surface area contributed by atoms with Gasteiger partial charge in [-0.1, -0.05) is 141 Å². The second-order valence-corrected chi connectivity index (χ2v) is 14.4. The van der Waals surface area contributed by atoms with E-state index in [2.05, 4.69) is 140 Å². The number of hydrogen-bond donors (Lipinski definition) is 0. The van der Waals surface area contributed by atoms with Gasteiger partial charge in [-0.25, -0.2) is 4.98 Å². The highest BCUT2D eigenvalue weighted by atomic mass is 15.2. The van der Waals surface area contributed by atoms with Gasteiger partial charge in [0.05, 0.1) is 11.0 Å². The summed E-state index contributed by atoms with van der Waals surface area (Å²) in [4.78, 5) is 15.3. The maximum atomic E-state index is 5.18. The number of nitrogens with zero attached hydrogens (tertiary/aromatic N) is 4. The third-order valence-corrected chi connectivity index (χ3v) is 11.2. The average molecular weight is 665 g/mol. The molecule has 2 aromatic heterocycles. The van der Waals surface area contributed by atoms with Gasteiger partial charge in [0.2, 0.25) is 5.95 Å². The Balaban J connectivity index is 1.21. The Kier molecular flexibility index (Phi) is 5.98. The molecule has 8 aromatic carbocycles. The molecule has 10 aromatic rings. The first-order valence-corrected chi connectivity index (χ1v) is 17.9. The van der Waals surface area contributed by atoms with E-state index in [1.165, 1.54) is 65.3 Å². The van der Waals surface area contributed by atoms with E-state index >= 15 is 0 Å². The molecule has 0 fully saturated rings. The predicted octanol–water partition coefficient (Wildman–Crippen LogP) is 12.1. The van der Waals surface area contributed by atoms with Crippen molar-refractivity contribution >= 4 is 54.1 Å². The lowest BCUT2D eigenvalue weighted by atomic mass is 9.81. The molecule has 0 spiro atoms. The van der Waals surface area contributed by atoms with Crippen LogP contribution in [0.2, 0.25) is 0 Å². The SMILES string of the molecule is CC1(C)c2cc3c4ccccc4c4ccccc4c3cc2-c2cc3c4ccccc4n(-c4nc(-c5ccccc5)nc(-c5ccccc5)n4)c3cc21. The molecule has 1 aliphatic rings. The number of benzene rings is 8. The normalized spacial score (nSPS) is 13.3. The van der Waals surface area contributed by atoms with Crippen molar-refractivity contribution in [1.82, 2.24) is 19.5 Å². The van der Waals surface area contributed by atoms with Crippen LogP contribution in [0.1, 0.15) is 25.0 Å². The fourth-order valence-electron chi connectivity index (χ4n) is 8.70. The van der Waals surface area contributed by atoms with Crippen LogP contribution in [0.3, 0.4) is 0 Å². The molecule has 0 atom stereocenters. The van der Waals surface area contributed by atoms with Crippen LogP contribution in [0.4, 0.5) is 0 Å². The summed E-state index contributed by atoms with van der Waals surface area (Å²) in [5.41, 5.74) is 9.10. The number of rotatable bonds is 3. The van der Waals surface area contributed by atoms with E-state index in [9.17, 15) is 0 Å². The highest BCUT2D eigenvalue weighted by molar-refractivity contribution is 6.26. The molecule has 4 nitrogen and oxygen atoms in total. The van der Waals surface area contributed by atoms with E-state index in [4.69, 9.17) is 15.0 Å². The minimum atomic E-state index is -0.232. The van der Waals surface area contributed by atoms with Crippen molar-refractivity contribution in [3.8, 4) is 39.9 Å². The predicted molar refractivity (Wildman–Crippen MR) is 215 cm³/mol. The van der Waals surface area contributed by atoms with Crippen molar-refractivity contribution < 1.29 is 0 Å². The van der Waals surface area contributed by atoms with Crippen LogP contribution < -0.4 is 0 Å². The van der Waals surface area contributed by atoms with Gasteiger partial charge in [0.25, 0.3) is 0 Å². The second kappa shape index (κ2) is 10.7. The minimum Gasteiger partial charge on any atom is -0.278 e. The molecular weight excluding hydrogens is 633 g/mol. The molecule has 0 saturated heterocycles. The van der Waals surface area contributed by atoms with Crippen LogP contribution in [-0.4, -0.2) is 19.5 Å². The molecule has 4 heteroatoms. The Morgan fingerprint density at radius 3 is 1.40 bits per heavy atom. The topological polar surface area (TPSA) is 43.6 Å². The molecule has 11 rings (SSSR count). The fraction of sp³-hybridized carbons (Fsp3) is 0.0625. The van der Waals surface area contributed by atoms with E-state index < -0.39 is 0 Å². The first-order valence-electron chi connectivity index (χ1n) is 17.9. The van der Waals surface area contributed by atoms with E-state index in [1.54, 1.807) is 0 Å². The molecule has 0 saturated carbocycles. The van der Waals surface area contributed by atoms with Crippen molar-refractivity contribution in [2.45, 2.75) is 19.3 Å². The molecule has 0 unspecified atom stereocenters. The second-order valence-electron chi connectivity index (χ2n) is 14.4. The Hall–Kier alpha value is -6.65. The number of aromatic nitrogens is 4. The molecule has 52 heavy (non-hydrogen) atoms. The molecule has 244 valence electrons. The number of para-hydroxylation sites is 1. The number of hydrogen-bond acceptors (Lipinski definition) is 3. The maximum Gasteiger partial charge on any atom is 0.238 e. The standard InChI is InChI=1S/C48H32N4/c1-48(2)41-27-37-34-22-12-10-20-32(34)31-19-9-11-21-33(31)36(37)25-38(41)39-26-40-35-23-13-14-24-43(35)52(44(40)28-42(39)48)47-50-45(29-15-5-3-6-16-29)49-46(51-47)30-17-7-4-8-18-30/h3-28H,1-2H3. The van der Waals surface area contributed by atoms with E-state index in [-0.39, 0.29) is 5.41 Å². The average Bonchev–Trinajstić information content (AvgIpc) is 3.64. The van der Waals surface area contributed by atoms with Gasteiger partial charge in [-0.15, -0.1) is 0 Å². The Morgan fingerprint density at radius 2 is 0.827 bits per heavy atom. The quantitative estimate of drug-likeness (QED) is 0.177. The molecular formula is C48H32N4.